The molecule has 1 N–H and O–H groups in total. The van der Waals surface area contributed by atoms with E-state index in [0.29, 0.717) is 10.7 Å². The summed E-state index contributed by atoms with van der Waals surface area (Å²) < 4.78 is 0. The van der Waals surface area contributed by atoms with Gasteiger partial charge in [0.2, 0.25) is 0 Å². The summed E-state index contributed by atoms with van der Waals surface area (Å²) in [5.41, 5.74) is 0.642. The third-order valence-electron chi connectivity index (χ3n) is 2.34. The van der Waals surface area contributed by atoms with Gasteiger partial charge in [0.15, 0.2) is 0 Å². The minimum Gasteiger partial charge on any atom is -0.411 e. The van der Waals surface area contributed by atoms with Gasteiger partial charge in [-0.1, -0.05) is 42.1 Å². The van der Waals surface area contributed by atoms with Crippen LogP contribution in [0.25, 0.3) is 0 Å². The standard InChI is InChI=1S/C10H16ClNO/c11-9-7-5-3-1-2-4-6-8-10(9)12-13/h7,13H,1-6,8H2/b9-7+,12-10?. The van der Waals surface area contributed by atoms with Gasteiger partial charge in [0, 0.05) is 0 Å². The van der Waals surface area contributed by atoms with E-state index in [9.17, 15) is 0 Å². The van der Waals surface area contributed by atoms with E-state index in [1.165, 1.54) is 25.7 Å². The van der Waals surface area contributed by atoms with Crippen LogP contribution < -0.4 is 0 Å². The van der Waals surface area contributed by atoms with E-state index in [2.05, 4.69) is 5.16 Å². The molecule has 0 saturated carbocycles. The second-order valence-corrected chi connectivity index (χ2v) is 3.81. The first-order valence-electron chi connectivity index (χ1n) is 4.91. The van der Waals surface area contributed by atoms with Crippen LogP contribution >= 0.6 is 11.6 Å². The molecule has 13 heavy (non-hydrogen) atoms. The van der Waals surface area contributed by atoms with Gasteiger partial charge in [0.05, 0.1) is 10.7 Å². The van der Waals surface area contributed by atoms with E-state index in [-0.39, 0.29) is 0 Å². The first-order valence-corrected chi connectivity index (χ1v) is 5.29. The van der Waals surface area contributed by atoms with Gasteiger partial charge in [0.25, 0.3) is 0 Å². The van der Waals surface area contributed by atoms with Gasteiger partial charge in [-0.25, -0.2) is 0 Å². The van der Waals surface area contributed by atoms with Crippen molar-refractivity contribution in [2.75, 3.05) is 0 Å². The van der Waals surface area contributed by atoms with Gasteiger partial charge in [0.1, 0.15) is 0 Å². The van der Waals surface area contributed by atoms with Crippen molar-refractivity contribution in [1.29, 1.82) is 0 Å². The molecule has 1 aliphatic carbocycles. The Hall–Kier alpha value is -0.500. The minimum absolute atomic E-state index is 0.629. The molecule has 0 radical (unpaired) electrons. The molecule has 0 bridgehead atoms. The normalized spacial score (nSPS) is 28.1. The van der Waals surface area contributed by atoms with Crippen molar-refractivity contribution < 1.29 is 5.21 Å². The fourth-order valence-corrected chi connectivity index (χ4v) is 1.77. The third kappa shape index (κ3) is 3.81. The van der Waals surface area contributed by atoms with E-state index in [4.69, 9.17) is 16.8 Å². The number of hydrogen-bond acceptors (Lipinski definition) is 2. The highest BCUT2D eigenvalue weighted by Gasteiger charge is 2.06. The number of nitrogens with zero attached hydrogens (tertiary/aromatic N) is 1. The highest BCUT2D eigenvalue weighted by Crippen LogP contribution is 2.17. The molecule has 3 heteroatoms. The Balaban J connectivity index is 2.58. The van der Waals surface area contributed by atoms with Crippen LogP contribution in [-0.2, 0) is 0 Å². The molecule has 0 heterocycles. The predicted octanol–water partition coefficient (Wildman–Crippen LogP) is 3.68. The molecule has 0 saturated heterocycles. The second kappa shape index (κ2) is 6.03. The third-order valence-corrected chi connectivity index (χ3v) is 2.71. The zero-order valence-corrected chi connectivity index (χ0v) is 8.56. The van der Waals surface area contributed by atoms with E-state index < -0.39 is 0 Å². The largest absolute Gasteiger partial charge is 0.411 e. The Labute approximate surface area is 84.3 Å². The highest BCUT2D eigenvalue weighted by atomic mass is 35.5. The van der Waals surface area contributed by atoms with Crippen LogP contribution in [0.4, 0.5) is 0 Å². The predicted molar refractivity (Wildman–Crippen MR) is 55.5 cm³/mol. The van der Waals surface area contributed by atoms with Gasteiger partial charge >= 0.3 is 0 Å². The summed E-state index contributed by atoms with van der Waals surface area (Å²) >= 11 is 5.96. The molecule has 0 spiro atoms. The van der Waals surface area contributed by atoms with Crippen LogP contribution in [0, 0.1) is 0 Å². The Morgan fingerprint density at radius 1 is 1.15 bits per heavy atom. The van der Waals surface area contributed by atoms with E-state index >= 15 is 0 Å². The van der Waals surface area contributed by atoms with Gasteiger partial charge in [-0.15, -0.1) is 0 Å². The average molecular weight is 202 g/mol. The summed E-state index contributed by atoms with van der Waals surface area (Å²) in [7, 11) is 0. The van der Waals surface area contributed by atoms with Crippen molar-refractivity contribution in [2.24, 2.45) is 5.16 Å². The van der Waals surface area contributed by atoms with Gasteiger partial charge in [-0.2, -0.15) is 0 Å². The molecule has 0 aliphatic heterocycles. The number of hydrogen-bond donors (Lipinski definition) is 1. The van der Waals surface area contributed by atoms with E-state index in [1.54, 1.807) is 0 Å². The average Bonchev–Trinajstić information content (AvgIpc) is 2.16. The lowest BCUT2D eigenvalue weighted by Gasteiger charge is -2.06. The lowest BCUT2D eigenvalue weighted by molar-refractivity contribution is 0.317. The Bertz CT molecular complexity index is 211. The van der Waals surface area contributed by atoms with Crippen molar-refractivity contribution in [3.8, 4) is 0 Å². The van der Waals surface area contributed by atoms with Crippen molar-refractivity contribution >= 4 is 17.3 Å². The minimum atomic E-state index is 0.629. The van der Waals surface area contributed by atoms with Crippen molar-refractivity contribution in [3.05, 3.63) is 11.1 Å². The molecule has 0 aromatic heterocycles. The second-order valence-electron chi connectivity index (χ2n) is 3.41. The topological polar surface area (TPSA) is 32.6 Å². The summed E-state index contributed by atoms with van der Waals surface area (Å²) in [6, 6.07) is 0. The molecule has 1 rings (SSSR count). The maximum atomic E-state index is 8.70. The van der Waals surface area contributed by atoms with E-state index in [0.717, 1.165) is 19.3 Å². The SMILES string of the molecule is ON=C1CCCCCCC/C=C\1Cl. The maximum Gasteiger partial charge on any atom is 0.0978 e. The number of halogens is 1. The summed E-state index contributed by atoms with van der Waals surface area (Å²) in [6.07, 6.45) is 9.80. The summed E-state index contributed by atoms with van der Waals surface area (Å²) in [6.45, 7) is 0. The fraction of sp³-hybridized carbons (Fsp3) is 0.700. The monoisotopic (exact) mass is 201 g/mol. The van der Waals surface area contributed by atoms with Crippen molar-refractivity contribution in [3.63, 3.8) is 0 Å². The number of oxime groups is 1. The molecule has 0 aromatic carbocycles. The van der Waals surface area contributed by atoms with Crippen LogP contribution in [0.3, 0.4) is 0 Å². The summed E-state index contributed by atoms with van der Waals surface area (Å²) in [5, 5.41) is 12.6. The highest BCUT2D eigenvalue weighted by molar-refractivity contribution is 6.43. The molecule has 1 aliphatic rings. The molecular weight excluding hydrogens is 186 g/mol. The van der Waals surface area contributed by atoms with Crippen LogP contribution in [0.5, 0.6) is 0 Å². The van der Waals surface area contributed by atoms with Crippen molar-refractivity contribution in [1.82, 2.24) is 0 Å². The Morgan fingerprint density at radius 2 is 1.85 bits per heavy atom. The quantitative estimate of drug-likeness (QED) is 0.471. The molecule has 0 unspecified atom stereocenters. The molecule has 0 atom stereocenters. The zero-order valence-electron chi connectivity index (χ0n) is 7.80. The van der Waals surface area contributed by atoms with Crippen LogP contribution in [0.15, 0.2) is 16.3 Å². The van der Waals surface area contributed by atoms with Gasteiger partial charge in [-0.3, -0.25) is 0 Å². The Morgan fingerprint density at radius 3 is 2.62 bits per heavy atom. The number of allylic oxidation sites excluding steroid dienone is 2. The lowest BCUT2D eigenvalue weighted by atomic mass is 10.0. The van der Waals surface area contributed by atoms with Crippen LogP contribution in [0.2, 0.25) is 0 Å². The zero-order chi connectivity index (χ0) is 9.52. The molecule has 0 amide bonds. The fourth-order valence-electron chi connectivity index (χ4n) is 1.53. The first kappa shape index (κ1) is 10.6. The molecule has 0 fully saturated rings. The summed E-state index contributed by atoms with van der Waals surface area (Å²) in [4.78, 5) is 0. The van der Waals surface area contributed by atoms with E-state index in [1.807, 2.05) is 6.08 Å². The molecule has 2 nitrogen and oxygen atoms in total. The molecule has 74 valence electrons. The lowest BCUT2D eigenvalue weighted by Crippen LogP contribution is -2.00. The smallest absolute Gasteiger partial charge is 0.0978 e. The van der Waals surface area contributed by atoms with Gasteiger partial charge in [-0.05, 0) is 25.7 Å². The molecular formula is C10H16ClNO. The maximum absolute atomic E-state index is 8.70. The molecule has 0 aromatic rings. The van der Waals surface area contributed by atoms with Crippen molar-refractivity contribution in [2.45, 2.75) is 44.9 Å². The van der Waals surface area contributed by atoms with Gasteiger partial charge < -0.3 is 5.21 Å². The van der Waals surface area contributed by atoms with Crippen LogP contribution in [0.1, 0.15) is 44.9 Å². The Kier molecular flexibility index (Phi) is 4.91. The van der Waals surface area contributed by atoms with Crippen LogP contribution in [-0.4, -0.2) is 10.9 Å². The number of rotatable bonds is 0. The first-order chi connectivity index (χ1) is 6.34. The summed E-state index contributed by atoms with van der Waals surface area (Å²) in [5.74, 6) is 0.